The standard InChI is InChI=1S/C22H32N4O3/c1-4-23-22(25-14-21-26-16(2)17(3)29-21)24-13-18-5-7-19(8-6-18)15-28-20-9-11-27-12-10-20/h5-8,20H,4,9-15H2,1-3H3,(H2,23,24,25). The van der Waals surface area contributed by atoms with Gasteiger partial charge >= 0.3 is 0 Å². The third kappa shape index (κ3) is 6.87. The van der Waals surface area contributed by atoms with Gasteiger partial charge in [-0.25, -0.2) is 9.98 Å². The molecule has 2 aromatic rings. The zero-order valence-electron chi connectivity index (χ0n) is 17.7. The Bertz CT molecular complexity index is 760. The second kappa shape index (κ2) is 11.0. The van der Waals surface area contributed by atoms with Crippen LogP contribution < -0.4 is 10.6 Å². The van der Waals surface area contributed by atoms with Gasteiger partial charge in [0.05, 0.1) is 31.5 Å². The number of aromatic nitrogens is 1. The summed E-state index contributed by atoms with van der Waals surface area (Å²) < 4.78 is 17.0. The fourth-order valence-corrected chi connectivity index (χ4v) is 3.08. The molecule has 158 valence electrons. The summed E-state index contributed by atoms with van der Waals surface area (Å²) in [5.41, 5.74) is 3.26. The van der Waals surface area contributed by atoms with E-state index in [2.05, 4.69) is 44.9 Å². The second-order valence-electron chi connectivity index (χ2n) is 7.24. The molecule has 0 atom stereocenters. The second-order valence-corrected chi connectivity index (χ2v) is 7.24. The number of hydrogen-bond acceptors (Lipinski definition) is 5. The van der Waals surface area contributed by atoms with E-state index in [-0.39, 0.29) is 0 Å². The van der Waals surface area contributed by atoms with Crippen molar-refractivity contribution in [2.45, 2.75) is 59.4 Å². The number of rotatable bonds is 8. The molecular weight excluding hydrogens is 368 g/mol. The molecule has 0 bridgehead atoms. The van der Waals surface area contributed by atoms with Gasteiger partial charge in [-0.15, -0.1) is 0 Å². The largest absolute Gasteiger partial charge is 0.444 e. The lowest BCUT2D eigenvalue weighted by molar-refractivity contribution is -0.0390. The summed E-state index contributed by atoms with van der Waals surface area (Å²) in [5.74, 6) is 2.26. The summed E-state index contributed by atoms with van der Waals surface area (Å²) in [7, 11) is 0. The van der Waals surface area contributed by atoms with Gasteiger partial charge in [0, 0.05) is 19.8 Å². The van der Waals surface area contributed by atoms with Crippen molar-refractivity contribution in [3.8, 4) is 0 Å². The molecule has 1 aliphatic rings. The molecule has 0 unspecified atom stereocenters. The minimum atomic E-state index is 0.318. The maximum atomic E-state index is 5.98. The first-order valence-electron chi connectivity index (χ1n) is 10.4. The molecule has 0 saturated carbocycles. The van der Waals surface area contributed by atoms with Gasteiger partial charge in [-0.1, -0.05) is 24.3 Å². The highest BCUT2D eigenvalue weighted by atomic mass is 16.5. The molecule has 0 aliphatic carbocycles. The quantitative estimate of drug-likeness (QED) is 0.523. The fraction of sp³-hybridized carbons (Fsp3) is 0.545. The molecule has 1 aliphatic heterocycles. The van der Waals surface area contributed by atoms with E-state index in [9.17, 15) is 0 Å². The Morgan fingerprint density at radius 3 is 2.52 bits per heavy atom. The summed E-state index contributed by atoms with van der Waals surface area (Å²) in [6.45, 7) is 10.1. The third-order valence-electron chi connectivity index (χ3n) is 4.92. The maximum absolute atomic E-state index is 5.98. The topological polar surface area (TPSA) is 80.9 Å². The van der Waals surface area contributed by atoms with E-state index in [1.807, 2.05) is 20.8 Å². The number of nitrogens with one attached hydrogen (secondary N) is 2. The van der Waals surface area contributed by atoms with Crippen LogP contribution in [0.5, 0.6) is 0 Å². The van der Waals surface area contributed by atoms with Crippen molar-refractivity contribution in [1.29, 1.82) is 0 Å². The Morgan fingerprint density at radius 1 is 1.14 bits per heavy atom. The van der Waals surface area contributed by atoms with Crippen LogP contribution in [0.3, 0.4) is 0 Å². The van der Waals surface area contributed by atoms with Crippen LogP contribution in [0.2, 0.25) is 0 Å². The Labute approximate surface area is 172 Å². The van der Waals surface area contributed by atoms with E-state index < -0.39 is 0 Å². The molecule has 1 saturated heterocycles. The molecule has 3 rings (SSSR count). The van der Waals surface area contributed by atoms with Gasteiger partial charge in [-0.3, -0.25) is 0 Å². The molecule has 1 fully saturated rings. The van der Waals surface area contributed by atoms with Gasteiger partial charge in [0.1, 0.15) is 5.76 Å². The first-order valence-corrected chi connectivity index (χ1v) is 10.4. The van der Waals surface area contributed by atoms with Gasteiger partial charge < -0.3 is 24.5 Å². The minimum Gasteiger partial charge on any atom is -0.444 e. The predicted molar refractivity (Wildman–Crippen MR) is 113 cm³/mol. The van der Waals surface area contributed by atoms with Gasteiger partial charge in [-0.2, -0.15) is 0 Å². The lowest BCUT2D eigenvalue weighted by Crippen LogP contribution is -2.36. The highest BCUT2D eigenvalue weighted by Crippen LogP contribution is 2.14. The fourth-order valence-electron chi connectivity index (χ4n) is 3.08. The predicted octanol–water partition coefficient (Wildman–Crippen LogP) is 3.24. The highest BCUT2D eigenvalue weighted by Gasteiger charge is 2.14. The van der Waals surface area contributed by atoms with Crippen LogP contribution in [0.25, 0.3) is 0 Å². The lowest BCUT2D eigenvalue weighted by Gasteiger charge is -2.22. The van der Waals surface area contributed by atoms with Crippen LogP contribution in [0, 0.1) is 13.8 Å². The SMILES string of the molecule is CCNC(=NCc1ccc(COC2CCOCC2)cc1)NCc1nc(C)c(C)o1. The van der Waals surface area contributed by atoms with Crippen molar-refractivity contribution in [1.82, 2.24) is 15.6 Å². The summed E-state index contributed by atoms with van der Waals surface area (Å²) in [4.78, 5) is 9.05. The van der Waals surface area contributed by atoms with Crippen LogP contribution in [-0.4, -0.2) is 36.8 Å². The third-order valence-corrected chi connectivity index (χ3v) is 4.92. The zero-order chi connectivity index (χ0) is 20.5. The summed E-state index contributed by atoms with van der Waals surface area (Å²) in [6, 6.07) is 8.44. The van der Waals surface area contributed by atoms with Crippen molar-refractivity contribution >= 4 is 5.96 Å². The normalized spacial score (nSPS) is 15.5. The number of guanidine groups is 1. The Hall–Kier alpha value is -2.38. The molecule has 1 aromatic heterocycles. The number of oxazole rings is 1. The molecule has 1 aromatic carbocycles. The molecule has 0 amide bonds. The monoisotopic (exact) mass is 400 g/mol. The number of hydrogen-bond donors (Lipinski definition) is 2. The average Bonchev–Trinajstić information content (AvgIpc) is 3.07. The molecule has 2 heterocycles. The van der Waals surface area contributed by atoms with Gasteiger partial charge in [0.25, 0.3) is 0 Å². The van der Waals surface area contributed by atoms with Crippen LogP contribution in [-0.2, 0) is 29.2 Å². The van der Waals surface area contributed by atoms with E-state index in [0.717, 1.165) is 55.6 Å². The maximum Gasteiger partial charge on any atom is 0.214 e. The van der Waals surface area contributed by atoms with Crippen LogP contribution >= 0.6 is 0 Å². The van der Waals surface area contributed by atoms with Gasteiger partial charge in [0.15, 0.2) is 5.96 Å². The van der Waals surface area contributed by atoms with Crippen molar-refractivity contribution in [2.24, 2.45) is 4.99 Å². The number of nitrogens with zero attached hydrogens (tertiary/aromatic N) is 2. The lowest BCUT2D eigenvalue weighted by atomic mass is 10.1. The average molecular weight is 401 g/mol. The molecule has 29 heavy (non-hydrogen) atoms. The van der Waals surface area contributed by atoms with Crippen molar-refractivity contribution < 1.29 is 13.9 Å². The minimum absolute atomic E-state index is 0.318. The number of benzene rings is 1. The van der Waals surface area contributed by atoms with E-state index in [4.69, 9.17) is 13.9 Å². The van der Waals surface area contributed by atoms with E-state index >= 15 is 0 Å². The first-order chi connectivity index (χ1) is 14.1. The Morgan fingerprint density at radius 2 is 1.86 bits per heavy atom. The Balaban J connectivity index is 1.48. The van der Waals surface area contributed by atoms with Gasteiger partial charge in [-0.05, 0) is 44.7 Å². The number of aliphatic imine (C=N–C) groups is 1. The van der Waals surface area contributed by atoms with E-state index in [1.165, 1.54) is 5.56 Å². The molecule has 7 heteroatoms. The summed E-state index contributed by atoms with van der Waals surface area (Å²) >= 11 is 0. The Kier molecular flexibility index (Phi) is 8.07. The molecule has 0 spiro atoms. The van der Waals surface area contributed by atoms with Crippen molar-refractivity contribution in [3.63, 3.8) is 0 Å². The number of ether oxygens (including phenoxy) is 2. The van der Waals surface area contributed by atoms with Crippen LogP contribution in [0.4, 0.5) is 0 Å². The number of aryl methyl sites for hydroxylation is 2. The van der Waals surface area contributed by atoms with Crippen LogP contribution in [0.1, 0.15) is 48.2 Å². The highest BCUT2D eigenvalue weighted by molar-refractivity contribution is 5.79. The molecule has 2 N–H and O–H groups in total. The summed E-state index contributed by atoms with van der Waals surface area (Å²) in [6.07, 6.45) is 2.29. The first kappa shape index (κ1) is 21.3. The van der Waals surface area contributed by atoms with Gasteiger partial charge in [0.2, 0.25) is 5.89 Å². The smallest absolute Gasteiger partial charge is 0.214 e. The van der Waals surface area contributed by atoms with Crippen molar-refractivity contribution in [3.05, 3.63) is 52.7 Å². The zero-order valence-corrected chi connectivity index (χ0v) is 17.7. The summed E-state index contributed by atoms with van der Waals surface area (Å²) in [5, 5.41) is 6.52. The van der Waals surface area contributed by atoms with Crippen LogP contribution in [0.15, 0.2) is 33.7 Å². The molecular formula is C22H32N4O3. The molecule has 7 nitrogen and oxygen atoms in total. The van der Waals surface area contributed by atoms with Crippen molar-refractivity contribution in [2.75, 3.05) is 19.8 Å². The van der Waals surface area contributed by atoms with E-state index in [0.29, 0.717) is 31.7 Å². The van der Waals surface area contributed by atoms with E-state index in [1.54, 1.807) is 0 Å². The molecule has 0 radical (unpaired) electrons.